The zero-order valence-corrected chi connectivity index (χ0v) is 12.8. The van der Waals surface area contributed by atoms with E-state index in [1.807, 2.05) is 12.1 Å². The Balaban J connectivity index is 1.87. The predicted octanol–water partition coefficient (Wildman–Crippen LogP) is 1.94. The van der Waals surface area contributed by atoms with Gasteiger partial charge in [0.25, 0.3) is 0 Å². The van der Waals surface area contributed by atoms with E-state index in [1.54, 1.807) is 12.4 Å². The van der Waals surface area contributed by atoms with E-state index in [2.05, 4.69) is 4.98 Å². The van der Waals surface area contributed by atoms with Gasteiger partial charge in [0.1, 0.15) is 9.84 Å². The Hall–Kier alpha value is -0.940. The molecule has 1 aliphatic carbocycles. The van der Waals surface area contributed by atoms with Gasteiger partial charge in [-0.3, -0.25) is 4.98 Å². The third-order valence-corrected chi connectivity index (χ3v) is 6.03. The zero-order valence-electron chi connectivity index (χ0n) is 12.0. The van der Waals surface area contributed by atoms with E-state index < -0.39 is 9.84 Å². The minimum atomic E-state index is -2.92. The number of nitrogens with two attached hydrogens (primary N) is 1. The number of aryl methyl sites for hydroxylation is 1. The highest BCUT2D eigenvalue weighted by Crippen LogP contribution is 2.31. The molecule has 2 N–H and O–H groups in total. The van der Waals surface area contributed by atoms with Gasteiger partial charge in [-0.2, -0.15) is 0 Å². The van der Waals surface area contributed by atoms with Crippen molar-refractivity contribution < 1.29 is 8.42 Å². The van der Waals surface area contributed by atoms with Crippen LogP contribution in [0, 0.1) is 5.92 Å². The summed E-state index contributed by atoms with van der Waals surface area (Å²) in [5.74, 6) is 0.338. The summed E-state index contributed by atoms with van der Waals surface area (Å²) in [4.78, 5) is 4.00. The van der Waals surface area contributed by atoms with Gasteiger partial charge in [-0.1, -0.05) is 6.42 Å². The second-order valence-corrected chi connectivity index (χ2v) is 8.26. The van der Waals surface area contributed by atoms with Crippen molar-refractivity contribution in [3.05, 3.63) is 30.1 Å². The molecule has 20 heavy (non-hydrogen) atoms. The first-order chi connectivity index (χ1) is 9.47. The van der Waals surface area contributed by atoms with Crippen LogP contribution in [0.1, 0.15) is 37.7 Å². The number of sulfone groups is 1. The van der Waals surface area contributed by atoms with Crippen molar-refractivity contribution in [3.63, 3.8) is 0 Å². The Morgan fingerprint density at radius 2 is 2.05 bits per heavy atom. The standard InChI is InChI=1S/C15H24N2O2S/c1-20(18,19)14-4-2-3-13(11-14)15(16)6-5-12-7-9-17-10-8-12/h7-10,13-15H,2-6,11,16H2,1H3. The van der Waals surface area contributed by atoms with E-state index in [1.165, 1.54) is 11.8 Å². The summed E-state index contributed by atoms with van der Waals surface area (Å²) in [5.41, 5.74) is 7.53. The summed E-state index contributed by atoms with van der Waals surface area (Å²) in [5, 5.41) is -0.187. The van der Waals surface area contributed by atoms with Crippen LogP contribution in [0.5, 0.6) is 0 Å². The largest absolute Gasteiger partial charge is 0.327 e. The molecule has 0 amide bonds. The minimum Gasteiger partial charge on any atom is -0.327 e. The first-order valence-electron chi connectivity index (χ1n) is 7.30. The molecule has 1 aromatic heterocycles. The molecule has 0 saturated heterocycles. The second kappa shape index (κ2) is 6.68. The van der Waals surface area contributed by atoms with E-state index in [0.29, 0.717) is 5.92 Å². The Morgan fingerprint density at radius 3 is 2.70 bits per heavy atom. The van der Waals surface area contributed by atoms with Gasteiger partial charge < -0.3 is 5.73 Å². The van der Waals surface area contributed by atoms with E-state index in [-0.39, 0.29) is 11.3 Å². The van der Waals surface area contributed by atoms with Crippen molar-refractivity contribution in [2.24, 2.45) is 11.7 Å². The van der Waals surface area contributed by atoms with Gasteiger partial charge >= 0.3 is 0 Å². The first kappa shape index (κ1) is 15.4. The van der Waals surface area contributed by atoms with E-state index in [4.69, 9.17) is 5.73 Å². The fraction of sp³-hybridized carbons (Fsp3) is 0.667. The molecule has 0 aromatic carbocycles. The van der Waals surface area contributed by atoms with Crippen LogP contribution in [0.25, 0.3) is 0 Å². The van der Waals surface area contributed by atoms with Crippen LogP contribution in [0.2, 0.25) is 0 Å². The third kappa shape index (κ3) is 4.28. The molecule has 1 aromatic rings. The fourth-order valence-corrected chi connectivity index (χ4v) is 4.27. The molecular weight excluding hydrogens is 272 g/mol. The molecule has 3 atom stereocenters. The van der Waals surface area contributed by atoms with Crippen molar-refractivity contribution in [3.8, 4) is 0 Å². The summed E-state index contributed by atoms with van der Waals surface area (Å²) in [6, 6.07) is 4.10. The molecule has 112 valence electrons. The number of hydrogen-bond donors (Lipinski definition) is 1. The van der Waals surface area contributed by atoms with Gasteiger partial charge in [-0.15, -0.1) is 0 Å². The Morgan fingerprint density at radius 1 is 1.35 bits per heavy atom. The number of hydrogen-bond acceptors (Lipinski definition) is 4. The Kier molecular flexibility index (Phi) is 5.16. The maximum atomic E-state index is 11.7. The zero-order chi connectivity index (χ0) is 14.6. The summed E-state index contributed by atoms with van der Waals surface area (Å²) in [7, 11) is -2.92. The molecule has 0 bridgehead atoms. The average molecular weight is 296 g/mol. The lowest BCUT2D eigenvalue weighted by atomic mass is 9.82. The Labute approximate surface area is 121 Å². The van der Waals surface area contributed by atoms with E-state index >= 15 is 0 Å². The summed E-state index contributed by atoms with van der Waals surface area (Å²) >= 11 is 0. The number of aromatic nitrogens is 1. The molecule has 4 nitrogen and oxygen atoms in total. The van der Waals surface area contributed by atoms with Gasteiger partial charge in [-0.05, 0) is 55.7 Å². The molecular formula is C15H24N2O2S. The molecule has 1 fully saturated rings. The van der Waals surface area contributed by atoms with Crippen LogP contribution >= 0.6 is 0 Å². The topological polar surface area (TPSA) is 73.0 Å². The first-order valence-corrected chi connectivity index (χ1v) is 9.25. The number of rotatable bonds is 5. The van der Waals surface area contributed by atoms with Crippen molar-refractivity contribution in [2.45, 2.75) is 49.8 Å². The van der Waals surface area contributed by atoms with Gasteiger partial charge in [0.2, 0.25) is 0 Å². The van der Waals surface area contributed by atoms with Gasteiger partial charge in [-0.25, -0.2) is 8.42 Å². The summed E-state index contributed by atoms with van der Waals surface area (Å²) in [6.07, 6.45) is 10.3. The number of pyridine rings is 1. The Bertz CT molecular complexity index is 516. The van der Waals surface area contributed by atoms with Gasteiger partial charge in [0.05, 0.1) is 5.25 Å². The van der Waals surface area contributed by atoms with Crippen molar-refractivity contribution in [2.75, 3.05) is 6.26 Å². The van der Waals surface area contributed by atoms with Gasteiger partial charge in [0, 0.05) is 24.7 Å². The fourth-order valence-electron chi connectivity index (χ4n) is 3.08. The molecule has 5 heteroatoms. The van der Waals surface area contributed by atoms with Crippen LogP contribution in [0.15, 0.2) is 24.5 Å². The lowest BCUT2D eigenvalue weighted by Crippen LogP contribution is -2.37. The maximum absolute atomic E-state index is 11.7. The van der Waals surface area contributed by atoms with Crippen molar-refractivity contribution >= 4 is 9.84 Å². The quantitative estimate of drug-likeness (QED) is 0.901. The summed E-state index contributed by atoms with van der Waals surface area (Å²) in [6.45, 7) is 0. The maximum Gasteiger partial charge on any atom is 0.150 e. The van der Waals surface area contributed by atoms with Crippen molar-refractivity contribution in [1.29, 1.82) is 0 Å². The monoisotopic (exact) mass is 296 g/mol. The molecule has 0 aliphatic heterocycles. The van der Waals surface area contributed by atoms with Crippen LogP contribution < -0.4 is 5.73 Å². The van der Waals surface area contributed by atoms with Gasteiger partial charge in [0.15, 0.2) is 0 Å². The van der Waals surface area contributed by atoms with Crippen LogP contribution in [-0.4, -0.2) is 30.9 Å². The summed E-state index contributed by atoms with van der Waals surface area (Å²) < 4.78 is 23.4. The molecule has 1 saturated carbocycles. The smallest absolute Gasteiger partial charge is 0.150 e. The second-order valence-electron chi connectivity index (χ2n) is 5.94. The number of nitrogens with zero attached hydrogens (tertiary/aromatic N) is 1. The minimum absolute atomic E-state index is 0.0905. The lowest BCUT2D eigenvalue weighted by molar-refractivity contribution is 0.296. The molecule has 0 spiro atoms. The van der Waals surface area contributed by atoms with Crippen LogP contribution in [-0.2, 0) is 16.3 Å². The molecule has 2 rings (SSSR count). The average Bonchev–Trinajstić information content (AvgIpc) is 2.45. The van der Waals surface area contributed by atoms with Crippen molar-refractivity contribution in [1.82, 2.24) is 4.98 Å². The highest BCUT2D eigenvalue weighted by molar-refractivity contribution is 7.91. The highest BCUT2D eigenvalue weighted by atomic mass is 32.2. The highest BCUT2D eigenvalue weighted by Gasteiger charge is 2.31. The SMILES string of the molecule is CS(=O)(=O)C1CCCC(C(N)CCc2ccncc2)C1. The predicted molar refractivity (Wildman–Crippen MR) is 81.1 cm³/mol. The van der Waals surface area contributed by atoms with E-state index in [0.717, 1.165) is 38.5 Å². The molecule has 1 aliphatic rings. The molecule has 0 radical (unpaired) electrons. The third-order valence-electron chi connectivity index (χ3n) is 4.39. The van der Waals surface area contributed by atoms with Crippen LogP contribution in [0.4, 0.5) is 0 Å². The normalized spacial score (nSPS) is 25.3. The van der Waals surface area contributed by atoms with E-state index in [9.17, 15) is 8.42 Å². The molecule has 1 heterocycles. The van der Waals surface area contributed by atoms with Crippen LogP contribution in [0.3, 0.4) is 0 Å². The molecule has 3 unspecified atom stereocenters. The lowest BCUT2D eigenvalue weighted by Gasteiger charge is -2.32.